The number of rotatable bonds is 5. The largest absolute Gasteiger partial charge is 0.348 e. The third kappa shape index (κ3) is 4.97. The molecule has 2 aliphatic heterocycles. The van der Waals surface area contributed by atoms with E-state index in [9.17, 15) is 14.4 Å². The molecule has 166 valence electrons. The van der Waals surface area contributed by atoms with E-state index in [0.29, 0.717) is 31.1 Å². The van der Waals surface area contributed by atoms with Gasteiger partial charge < -0.3 is 10.2 Å². The molecule has 1 atom stereocenters. The molecule has 3 aliphatic rings. The van der Waals surface area contributed by atoms with Gasteiger partial charge in [-0.3, -0.25) is 19.4 Å². The molecule has 31 heavy (non-hydrogen) atoms. The minimum absolute atomic E-state index is 0.00932. The number of carbonyl (C=O) groups excluding carboxylic acids is 3. The maximum Gasteiger partial charge on any atom is 0.267 e. The lowest BCUT2D eigenvalue weighted by Crippen LogP contribution is -2.49. The topological polar surface area (TPSA) is 82.1 Å². The summed E-state index contributed by atoms with van der Waals surface area (Å²) in [5, 5.41) is 9.22. The molecule has 1 unspecified atom stereocenters. The zero-order valence-corrected chi connectivity index (χ0v) is 18.3. The fourth-order valence-corrected chi connectivity index (χ4v) is 4.90. The predicted octanol–water partition coefficient (Wildman–Crippen LogP) is 2.90. The highest BCUT2D eigenvalue weighted by Gasteiger charge is 2.35. The lowest BCUT2D eigenvalue weighted by atomic mass is 9.87. The lowest BCUT2D eigenvalue weighted by Gasteiger charge is -2.35. The van der Waals surface area contributed by atoms with Crippen molar-refractivity contribution in [2.75, 3.05) is 18.1 Å². The number of likely N-dealkylation sites (tertiary alicyclic amines) is 1. The Balaban J connectivity index is 1.32. The van der Waals surface area contributed by atoms with Gasteiger partial charge in [-0.05, 0) is 44.7 Å². The number of benzene rings is 1. The van der Waals surface area contributed by atoms with Gasteiger partial charge in [0, 0.05) is 31.5 Å². The van der Waals surface area contributed by atoms with E-state index in [1.54, 1.807) is 5.01 Å². The average Bonchev–Trinajstić information content (AvgIpc) is 3.26. The molecule has 1 saturated carbocycles. The zero-order chi connectivity index (χ0) is 21.8. The van der Waals surface area contributed by atoms with E-state index in [1.165, 1.54) is 13.3 Å². The molecule has 1 aromatic rings. The Morgan fingerprint density at radius 3 is 2.29 bits per heavy atom. The standard InChI is InChI=1S/C24H32N4O3/c1-17(29)22-16-21(26-28(22)20-10-6-3-7-11-20)23(30)25-19-12-14-27(15-13-19)24(31)18-8-4-2-5-9-18/h3,6-7,10-11,18-19,22H,2,4-5,8-9,12-16H2,1H3,(H,25,30). The van der Waals surface area contributed by atoms with Crippen LogP contribution in [0.3, 0.4) is 0 Å². The number of ketones is 1. The van der Waals surface area contributed by atoms with E-state index in [2.05, 4.69) is 10.4 Å². The van der Waals surface area contributed by atoms with Crippen LogP contribution in [0.1, 0.15) is 58.3 Å². The second-order valence-corrected chi connectivity index (χ2v) is 8.97. The van der Waals surface area contributed by atoms with Crippen LogP contribution in [0.5, 0.6) is 0 Å². The van der Waals surface area contributed by atoms with Gasteiger partial charge >= 0.3 is 0 Å². The number of nitrogens with zero attached hydrogens (tertiary/aromatic N) is 3. The molecule has 2 heterocycles. The van der Waals surface area contributed by atoms with Crippen molar-refractivity contribution in [3.05, 3.63) is 30.3 Å². The number of hydrazone groups is 1. The van der Waals surface area contributed by atoms with Crippen molar-refractivity contribution in [1.29, 1.82) is 0 Å². The Kier molecular flexibility index (Phi) is 6.68. The van der Waals surface area contributed by atoms with Gasteiger partial charge in [0.25, 0.3) is 5.91 Å². The molecule has 1 saturated heterocycles. The molecule has 7 nitrogen and oxygen atoms in total. The van der Waals surface area contributed by atoms with Crippen LogP contribution in [0.2, 0.25) is 0 Å². The Bertz CT molecular complexity index is 840. The number of Topliss-reactive ketones (excluding diaryl/α,β-unsaturated/α-hetero) is 1. The Labute approximate surface area is 183 Å². The molecule has 0 bridgehead atoms. The van der Waals surface area contributed by atoms with E-state index in [0.717, 1.165) is 44.2 Å². The summed E-state index contributed by atoms with van der Waals surface area (Å²) in [6.45, 7) is 2.92. The fraction of sp³-hybridized carbons (Fsp3) is 0.583. The van der Waals surface area contributed by atoms with Gasteiger partial charge in [0.15, 0.2) is 5.78 Å². The number of hydrogen-bond donors (Lipinski definition) is 1. The number of nitrogens with one attached hydrogen (secondary N) is 1. The SMILES string of the molecule is CC(=O)C1CC(C(=O)NC2CCN(C(=O)C3CCCCC3)CC2)=NN1c1ccccc1. The van der Waals surface area contributed by atoms with E-state index in [1.807, 2.05) is 35.2 Å². The van der Waals surface area contributed by atoms with Crippen LogP contribution in [0.25, 0.3) is 0 Å². The molecule has 0 radical (unpaired) electrons. The minimum Gasteiger partial charge on any atom is -0.348 e. The van der Waals surface area contributed by atoms with Crippen molar-refractivity contribution in [3.8, 4) is 0 Å². The molecule has 0 spiro atoms. The first-order chi connectivity index (χ1) is 15.0. The summed E-state index contributed by atoms with van der Waals surface area (Å²) >= 11 is 0. The fourth-order valence-electron chi connectivity index (χ4n) is 4.90. The van der Waals surface area contributed by atoms with E-state index in [-0.39, 0.29) is 23.7 Å². The summed E-state index contributed by atoms with van der Waals surface area (Å²) in [6, 6.07) is 9.06. The third-order valence-electron chi connectivity index (χ3n) is 6.76. The zero-order valence-electron chi connectivity index (χ0n) is 18.3. The number of amides is 2. The Morgan fingerprint density at radius 2 is 1.65 bits per heavy atom. The second-order valence-electron chi connectivity index (χ2n) is 8.97. The maximum absolute atomic E-state index is 12.9. The highest BCUT2D eigenvalue weighted by Crippen LogP contribution is 2.27. The first-order valence-corrected chi connectivity index (χ1v) is 11.5. The number of hydrogen-bond acceptors (Lipinski definition) is 5. The molecular weight excluding hydrogens is 392 g/mol. The Hall–Kier alpha value is -2.70. The molecule has 1 N–H and O–H groups in total. The van der Waals surface area contributed by atoms with Gasteiger partial charge in [0.1, 0.15) is 11.8 Å². The predicted molar refractivity (Wildman–Crippen MR) is 120 cm³/mol. The number of carbonyl (C=O) groups is 3. The molecular formula is C24H32N4O3. The van der Waals surface area contributed by atoms with Crippen molar-refractivity contribution in [2.24, 2.45) is 11.0 Å². The van der Waals surface area contributed by atoms with Crippen LogP contribution in [0.15, 0.2) is 35.4 Å². The van der Waals surface area contributed by atoms with Crippen LogP contribution in [-0.2, 0) is 14.4 Å². The molecule has 4 rings (SSSR count). The lowest BCUT2D eigenvalue weighted by molar-refractivity contribution is -0.137. The summed E-state index contributed by atoms with van der Waals surface area (Å²) in [7, 11) is 0. The van der Waals surface area contributed by atoms with Crippen LogP contribution in [-0.4, -0.2) is 53.4 Å². The van der Waals surface area contributed by atoms with Crippen molar-refractivity contribution in [3.63, 3.8) is 0 Å². The van der Waals surface area contributed by atoms with Gasteiger partial charge in [-0.2, -0.15) is 5.10 Å². The van der Waals surface area contributed by atoms with Gasteiger partial charge in [0.2, 0.25) is 5.91 Å². The van der Waals surface area contributed by atoms with Crippen LogP contribution < -0.4 is 10.3 Å². The first kappa shape index (κ1) is 21.5. The normalized spacial score (nSPS) is 22.9. The summed E-state index contributed by atoms with van der Waals surface area (Å²) in [5.74, 6) is 0.277. The van der Waals surface area contributed by atoms with Crippen molar-refractivity contribution in [1.82, 2.24) is 10.2 Å². The summed E-state index contributed by atoms with van der Waals surface area (Å²) in [6.07, 6.45) is 7.43. The van der Waals surface area contributed by atoms with Gasteiger partial charge in [0.05, 0.1) is 5.69 Å². The van der Waals surface area contributed by atoms with Crippen molar-refractivity contribution < 1.29 is 14.4 Å². The van der Waals surface area contributed by atoms with Gasteiger partial charge in [-0.15, -0.1) is 0 Å². The smallest absolute Gasteiger partial charge is 0.267 e. The number of anilines is 1. The summed E-state index contributed by atoms with van der Waals surface area (Å²) < 4.78 is 0. The third-order valence-corrected chi connectivity index (χ3v) is 6.76. The van der Waals surface area contributed by atoms with E-state index < -0.39 is 6.04 Å². The monoisotopic (exact) mass is 424 g/mol. The van der Waals surface area contributed by atoms with Gasteiger partial charge in [-0.1, -0.05) is 37.5 Å². The number of piperidine rings is 1. The molecule has 2 amide bonds. The molecule has 7 heteroatoms. The van der Waals surface area contributed by atoms with Crippen LogP contribution in [0, 0.1) is 5.92 Å². The first-order valence-electron chi connectivity index (χ1n) is 11.5. The summed E-state index contributed by atoms with van der Waals surface area (Å²) in [5.41, 5.74) is 1.20. The van der Waals surface area contributed by atoms with E-state index in [4.69, 9.17) is 0 Å². The number of para-hydroxylation sites is 1. The second kappa shape index (κ2) is 9.62. The molecule has 2 fully saturated rings. The van der Waals surface area contributed by atoms with Crippen LogP contribution in [0.4, 0.5) is 5.69 Å². The highest BCUT2D eigenvalue weighted by molar-refractivity contribution is 6.40. The molecule has 1 aliphatic carbocycles. The van der Waals surface area contributed by atoms with Gasteiger partial charge in [-0.25, -0.2) is 0 Å². The average molecular weight is 425 g/mol. The quantitative estimate of drug-likeness (QED) is 0.788. The Morgan fingerprint density at radius 1 is 0.968 bits per heavy atom. The van der Waals surface area contributed by atoms with Crippen LogP contribution >= 0.6 is 0 Å². The highest BCUT2D eigenvalue weighted by atomic mass is 16.2. The summed E-state index contributed by atoms with van der Waals surface area (Å²) in [4.78, 5) is 39.7. The van der Waals surface area contributed by atoms with Crippen molar-refractivity contribution >= 4 is 29.0 Å². The molecule has 1 aromatic carbocycles. The minimum atomic E-state index is -0.446. The maximum atomic E-state index is 12.9. The van der Waals surface area contributed by atoms with E-state index >= 15 is 0 Å². The molecule has 0 aromatic heterocycles. The van der Waals surface area contributed by atoms with Crippen molar-refractivity contribution in [2.45, 2.75) is 70.4 Å².